The number of H-pyrrole nitrogens is 1. The number of thiocarbonyl (C=S) groups is 1. The number of nitrogens with zero attached hydrogens (tertiary/aromatic N) is 11. The van der Waals surface area contributed by atoms with E-state index in [-0.39, 0.29) is 97.3 Å². The fourth-order valence-corrected chi connectivity index (χ4v) is 15.1. The average Bonchev–Trinajstić information content (AvgIpc) is 1.27. The number of aryl methyl sites for hydroxylation is 6. The predicted octanol–water partition coefficient (Wildman–Crippen LogP) is 27.1. The van der Waals surface area contributed by atoms with Crippen molar-refractivity contribution in [2.45, 2.75) is 348 Å². The van der Waals surface area contributed by atoms with Crippen LogP contribution in [0, 0.1) is 68.5 Å². The first-order chi connectivity index (χ1) is 64.9. The molecule has 3 aliphatic carbocycles. The first-order valence-corrected chi connectivity index (χ1v) is 50.3. The number of hydrogen-bond donors (Lipinski definition) is 5. The number of cyclic esters (lactones) is 1. The van der Waals surface area contributed by atoms with Crippen molar-refractivity contribution in [1.82, 2.24) is 60.2 Å². The molecule has 6 aromatic heterocycles. The van der Waals surface area contributed by atoms with Crippen LogP contribution in [0.5, 0.6) is 0 Å². The summed E-state index contributed by atoms with van der Waals surface area (Å²) in [5.41, 5.74) is 16.1. The maximum Gasteiger partial charge on any atom is 0.306 e. The molecule has 8 aliphatic rings. The second kappa shape index (κ2) is 78.8. The van der Waals surface area contributed by atoms with Crippen LogP contribution in [0.25, 0.3) is 28.0 Å². The zero-order chi connectivity index (χ0) is 103. The molecule has 7 fully saturated rings. The van der Waals surface area contributed by atoms with E-state index in [0.29, 0.717) is 46.5 Å². The molecule has 8 aromatic rings. The smallest absolute Gasteiger partial charge is 0.306 e. The number of thioether (sulfide) groups is 1. The number of rotatable bonds is 8. The number of carbonyl (C=O) groups excluding carboxylic acids is 4. The fraction of sp³-hybridized carbons (Fsp3) is 0.569. The van der Waals surface area contributed by atoms with Crippen LogP contribution < -0.4 is 31.6 Å². The molecule has 3 saturated carbocycles. The van der Waals surface area contributed by atoms with E-state index < -0.39 is 0 Å². The van der Waals surface area contributed by atoms with Gasteiger partial charge in [0.15, 0.2) is 21.9 Å². The minimum absolute atomic E-state index is 0. The summed E-state index contributed by atoms with van der Waals surface area (Å²) in [5, 5.41) is 25.1. The lowest BCUT2D eigenvalue weighted by Gasteiger charge is -2.40. The Bertz CT molecular complexity index is 5010. The summed E-state index contributed by atoms with van der Waals surface area (Å²) >= 11 is 6.56. The van der Waals surface area contributed by atoms with E-state index >= 15 is 0 Å². The van der Waals surface area contributed by atoms with Gasteiger partial charge in [0.05, 0.1) is 29.9 Å². The van der Waals surface area contributed by atoms with Crippen LogP contribution in [-0.4, -0.2) is 154 Å². The van der Waals surface area contributed by atoms with Gasteiger partial charge in [0, 0.05) is 150 Å². The number of hydrazone groups is 1. The van der Waals surface area contributed by atoms with E-state index in [4.69, 9.17) is 22.2 Å². The van der Waals surface area contributed by atoms with Gasteiger partial charge in [-0.3, -0.25) is 44.1 Å². The molecule has 5 aliphatic heterocycles. The van der Waals surface area contributed by atoms with Crippen molar-refractivity contribution < 1.29 is 42.8 Å². The number of esters is 2. The lowest BCUT2D eigenvalue weighted by Crippen LogP contribution is -2.36. The molecule has 0 spiro atoms. The Morgan fingerprint density at radius 1 is 0.713 bits per heavy atom. The van der Waals surface area contributed by atoms with Crippen LogP contribution in [0.4, 0.5) is 4.39 Å². The van der Waals surface area contributed by atoms with Crippen LogP contribution in [-0.2, 0) is 42.7 Å². The third-order valence-corrected chi connectivity index (χ3v) is 24.1. The summed E-state index contributed by atoms with van der Waals surface area (Å²) in [5.74, 6) is 5.14. The number of allylic oxidation sites excluding steroid dienone is 3. The zero-order valence-electron chi connectivity index (χ0n) is 87.8. The quantitative estimate of drug-likeness (QED) is 0.0180. The van der Waals surface area contributed by atoms with Gasteiger partial charge in [-0.2, -0.15) is 5.10 Å². The van der Waals surface area contributed by atoms with Crippen molar-refractivity contribution in [3.8, 4) is 0 Å². The number of aromatic nitrogens is 7. The second-order valence-electron chi connectivity index (χ2n) is 37.8. The Hall–Kier alpha value is -10.6. The lowest BCUT2D eigenvalue weighted by atomic mass is 9.85. The van der Waals surface area contributed by atoms with E-state index in [1.165, 1.54) is 116 Å². The van der Waals surface area contributed by atoms with Gasteiger partial charge in [-0.15, -0.1) is 0 Å². The summed E-state index contributed by atoms with van der Waals surface area (Å²) in [6.45, 7) is 53.0. The predicted molar refractivity (Wildman–Crippen MR) is 611 cm³/mol. The number of carbonyl (C=O) groups is 4. The number of ether oxygens (including phenoxy) is 2. The number of fused-ring (bicyclic) bond motifs is 2. The molecule has 5 N–H and O–H groups in total. The number of amides is 2. The molecule has 2 amide bonds. The van der Waals surface area contributed by atoms with Gasteiger partial charge in [-0.1, -0.05) is 238 Å². The minimum Gasteiger partial charge on any atom is -0.466 e. The molecule has 27 heteroatoms. The monoisotopic (exact) mass is 2020 g/mol. The highest BCUT2D eigenvalue weighted by molar-refractivity contribution is 7.99. The number of aromatic amines is 1. The number of likely N-dealkylation sites (N-methyl/N-ethyl adjacent to an activating group) is 1. The topological polar surface area (TPSA) is 288 Å². The van der Waals surface area contributed by atoms with Crippen LogP contribution in [0.1, 0.15) is 330 Å². The van der Waals surface area contributed by atoms with Gasteiger partial charge in [-0.05, 0) is 264 Å². The standard InChI is InChI=1S/C14H18FN.C11H12N.C10H10N2O.C8H15NO.C8H9N.C7H12N2OS.C7H9NO.C7H13NO.C7H14.C6H8N2S.C6H10N2.C5H11N.C5H8O2.C5H12.C4H8O2.6CH4/c1-10-4-5-11(2)16(3)14(10)12-6-8-13(15)9-7-12;1-9-7-8-12(2)11-6-4-3-5-10(9)11;1-6-5-11-10-8(9(6)13)4-3-7(2)12-10;1-7-3-5-9(6-4-7)8(2)10;1-2-4-8-5-3-6-9-7-8;1-3-4-5-6(10)9(2)7(11)8-5;1-6-3-4-7(9)8(2)5-6;1-6-2-4-7(8-9)5-3-6;1-7-5-3-2-4-6-7;1-2-9-6-7-4-3-5-8-6;1-5-3-4-6(2)8-7-5;1-4-3-5(4)6-2;1-4-2-3-5(6)7-4;1-5(2,3)4;1-3-6-4(2)5;;;;;;/h6-10,14H,2,4-5H2,1,3H3;3-8H,1-2H3;3-5H,1-2H3,(H,11,12,13);7H,3-6H2,1-2H3;2-7H,1H3;5H,3-4H2,1-2H3,(H,8,11);3-5H,1-2H3;6,9H,2-5H2,1H3;7H,2-6H2,1H3;3-5H,2H2,1H3;7H,1,3-4H2,2H3;4-6H,3H2,1-2H3;4H,2-3H2,1H3;1-4H3;3H2,1-2H3;6*1H4/q;+1;;;;;;;;;;;;;;;;;;;/b;;;;4-2+;;;;;;;;;;;;;;;;/t10-,14?;;;;;;;;;;;4?,5-;;;;;;;;;/m0..........1........./s1. The van der Waals surface area contributed by atoms with Crippen molar-refractivity contribution in [2.75, 3.05) is 46.6 Å². The Kier molecular flexibility index (Phi) is 77.5. The third kappa shape index (κ3) is 62.0. The molecular weight excluding hydrogens is 1830 g/mol. The van der Waals surface area contributed by atoms with Gasteiger partial charge in [0.1, 0.15) is 24.6 Å². The van der Waals surface area contributed by atoms with E-state index in [1.807, 2.05) is 120 Å². The molecule has 4 saturated heterocycles. The number of benzene rings is 2. The first kappa shape index (κ1) is 141. The van der Waals surface area contributed by atoms with Crippen molar-refractivity contribution >= 4 is 92.3 Å². The van der Waals surface area contributed by atoms with Gasteiger partial charge >= 0.3 is 11.9 Å². The van der Waals surface area contributed by atoms with Crippen molar-refractivity contribution in [1.29, 1.82) is 0 Å². The first-order valence-electron chi connectivity index (χ1n) is 48.9. The van der Waals surface area contributed by atoms with Crippen LogP contribution in [0.15, 0.2) is 196 Å². The number of likely N-dealkylation sites (tertiary alicyclic amines) is 2. The average molecular weight is 2030 g/mol. The molecule has 24 nitrogen and oxygen atoms in total. The normalized spacial score (nSPS) is 18.1. The fourth-order valence-electron chi connectivity index (χ4n) is 14.4. The Morgan fingerprint density at radius 2 is 1.31 bits per heavy atom. The van der Waals surface area contributed by atoms with E-state index in [0.717, 1.165) is 151 Å². The van der Waals surface area contributed by atoms with Crippen LogP contribution >= 0.6 is 24.0 Å². The lowest BCUT2D eigenvalue weighted by molar-refractivity contribution is -0.644. The van der Waals surface area contributed by atoms with Crippen LogP contribution in [0.2, 0.25) is 0 Å². The van der Waals surface area contributed by atoms with Gasteiger partial charge in [-0.25, -0.2) is 23.9 Å². The summed E-state index contributed by atoms with van der Waals surface area (Å²) in [7, 11) is 9.62. The summed E-state index contributed by atoms with van der Waals surface area (Å²) in [4.78, 5) is 89.3. The number of oxime groups is 1. The Balaban J connectivity index is -0.000000478. The number of pyridine rings is 5. The van der Waals surface area contributed by atoms with Crippen molar-refractivity contribution in [2.24, 2.45) is 59.4 Å². The van der Waals surface area contributed by atoms with Crippen molar-refractivity contribution in [3.63, 3.8) is 0 Å². The molecule has 11 heterocycles. The zero-order valence-corrected chi connectivity index (χ0v) is 89.5. The van der Waals surface area contributed by atoms with Gasteiger partial charge in [0.2, 0.25) is 17.0 Å². The third-order valence-electron chi connectivity index (χ3n) is 23.0. The van der Waals surface area contributed by atoms with E-state index in [9.17, 15) is 33.2 Å². The van der Waals surface area contributed by atoms with Gasteiger partial charge in [0.25, 0.3) is 5.91 Å². The highest BCUT2D eigenvalue weighted by Crippen LogP contribution is 2.39. The Labute approximate surface area is 874 Å². The highest BCUT2D eigenvalue weighted by atomic mass is 32.2. The number of nitrogens with one attached hydrogen (secondary N) is 4. The number of piperidine rings is 2. The summed E-state index contributed by atoms with van der Waals surface area (Å²) in [6, 6.07) is 31.3. The molecule has 16 rings (SSSR count). The van der Waals surface area contributed by atoms with E-state index in [2.05, 4.69) is 212 Å². The molecule has 2 aromatic carbocycles. The molecule has 0 radical (unpaired) electrons. The number of halogens is 1. The van der Waals surface area contributed by atoms with Crippen LogP contribution in [0.3, 0.4) is 0 Å². The van der Waals surface area contributed by atoms with Crippen molar-refractivity contribution in [3.05, 3.63) is 231 Å². The summed E-state index contributed by atoms with van der Waals surface area (Å²) in [6.07, 6.45) is 40.2. The second-order valence-corrected chi connectivity index (χ2v) is 39.4. The molecular formula is C116H193FN15O9S2+. The molecule has 143 heavy (non-hydrogen) atoms. The SMILES string of the molecule is C.C.C.C.C.C.C/C=C/c1cccnc1.C=C1CCC(C)=NN1.C=C1CC[C@H](C)C(c2ccc(F)cc2)N1C.CC(=O)N1CCC(C)CC1.CC(C)(C)C.CC1CCC(=NO)CC1.CC1CCC(=O)O1.CC1CCCCC1.CCCC1NC(=S)N(C)C1=O.CCOC(C)=O.CCSc1ncccn1.CN[C@@H]1CC1C.Cc1cc[n+](C)c2ccccc12.Cc1ccc(=O)n(C)c1.Cc1ccc2c(=O)c(C)c[nH]c2n1. The molecule has 804 valence electrons. The molecule has 4 unspecified atom stereocenters. The molecule has 0 bridgehead atoms. The number of para-hydroxylation sites is 1. The number of hydrogen-bond acceptors (Lipinski definition) is 20. The van der Waals surface area contributed by atoms with E-state index in [1.54, 1.807) is 82.0 Å². The largest absolute Gasteiger partial charge is 0.466 e. The highest BCUT2D eigenvalue weighted by Gasteiger charge is 2.33. The Morgan fingerprint density at radius 3 is 1.73 bits per heavy atom. The molecule has 6 atom stereocenters. The summed E-state index contributed by atoms with van der Waals surface area (Å²) < 4.78 is 25.7. The minimum atomic E-state index is -0.211. The van der Waals surface area contributed by atoms with Gasteiger partial charge < -0.3 is 44.7 Å². The maximum absolute atomic E-state index is 12.9. The maximum atomic E-state index is 12.9.